The number of rotatable bonds is 10. The highest BCUT2D eigenvalue weighted by Gasteiger charge is 2.30. The molecule has 0 fully saturated rings. The van der Waals surface area contributed by atoms with E-state index in [-0.39, 0.29) is 11.8 Å². The number of hydrogen-bond donors (Lipinski definition) is 3. The molecular formula is C25H36N8S. The predicted molar refractivity (Wildman–Crippen MR) is 141 cm³/mol. The Morgan fingerprint density at radius 3 is 2.91 bits per heavy atom. The quantitative estimate of drug-likeness (QED) is 0.328. The number of aromatic nitrogens is 2. The van der Waals surface area contributed by atoms with E-state index in [1.807, 2.05) is 0 Å². The monoisotopic (exact) mass is 480 g/mol. The minimum atomic E-state index is -0.203. The molecule has 2 heterocycles. The largest absolute Gasteiger partial charge is 0.389 e. The number of nitrogens with two attached hydrogens (primary N) is 2. The lowest BCUT2D eigenvalue weighted by atomic mass is 9.84. The second kappa shape index (κ2) is 11.9. The van der Waals surface area contributed by atoms with E-state index < -0.39 is 0 Å². The van der Waals surface area contributed by atoms with Gasteiger partial charge in [0.05, 0.1) is 5.56 Å². The first-order valence-corrected chi connectivity index (χ1v) is 13.0. The van der Waals surface area contributed by atoms with Crippen LogP contribution in [0.3, 0.4) is 0 Å². The summed E-state index contributed by atoms with van der Waals surface area (Å²) in [6, 6.07) is 3.92. The van der Waals surface area contributed by atoms with Crippen LogP contribution >= 0.6 is 11.3 Å². The first kappa shape index (κ1) is 25.6. The van der Waals surface area contributed by atoms with Crippen molar-refractivity contribution in [1.82, 2.24) is 9.97 Å². The summed E-state index contributed by atoms with van der Waals surface area (Å²) in [6.45, 7) is 8.40. The summed E-state index contributed by atoms with van der Waals surface area (Å²) < 4.78 is 0. The molecule has 3 rings (SSSR count). The van der Waals surface area contributed by atoms with Crippen molar-refractivity contribution >= 4 is 34.0 Å². The lowest BCUT2D eigenvalue weighted by Gasteiger charge is -2.23. The fourth-order valence-electron chi connectivity index (χ4n) is 4.40. The number of amidine groups is 2. The number of nitrogens with one attached hydrogen (secondary N) is 1. The Balaban J connectivity index is 1.79. The average molecular weight is 481 g/mol. The molecule has 0 saturated heterocycles. The summed E-state index contributed by atoms with van der Waals surface area (Å²) in [5.41, 5.74) is 14.3. The first-order chi connectivity index (χ1) is 16.4. The number of aliphatic imine (C=N–C) groups is 1. The van der Waals surface area contributed by atoms with Gasteiger partial charge in [-0.3, -0.25) is 5.41 Å². The topological polar surface area (TPSA) is 141 Å². The van der Waals surface area contributed by atoms with Gasteiger partial charge in [0.1, 0.15) is 22.6 Å². The van der Waals surface area contributed by atoms with Gasteiger partial charge in [0.2, 0.25) is 5.95 Å². The van der Waals surface area contributed by atoms with Crippen molar-refractivity contribution in [2.45, 2.75) is 71.6 Å². The molecule has 182 valence electrons. The maximum Gasteiger partial charge on any atom is 0.225 e. The third kappa shape index (κ3) is 5.92. The minimum absolute atomic E-state index is 0.00559. The van der Waals surface area contributed by atoms with Gasteiger partial charge in [-0.05, 0) is 56.1 Å². The van der Waals surface area contributed by atoms with Crippen LogP contribution in [0.25, 0.3) is 0 Å². The van der Waals surface area contributed by atoms with Gasteiger partial charge >= 0.3 is 0 Å². The van der Waals surface area contributed by atoms with Gasteiger partial charge in [-0.25, -0.2) is 15.0 Å². The van der Waals surface area contributed by atoms with E-state index in [1.165, 1.54) is 24.2 Å². The van der Waals surface area contributed by atoms with Crippen molar-refractivity contribution in [2.24, 2.45) is 16.6 Å². The zero-order valence-electron chi connectivity index (χ0n) is 20.5. The van der Waals surface area contributed by atoms with Gasteiger partial charge in [-0.15, -0.1) is 11.3 Å². The van der Waals surface area contributed by atoms with Crippen LogP contribution in [0.2, 0.25) is 0 Å². The van der Waals surface area contributed by atoms with Crippen LogP contribution in [0.15, 0.2) is 17.3 Å². The van der Waals surface area contributed by atoms with Crippen LogP contribution in [-0.2, 0) is 6.42 Å². The molecule has 2 atom stereocenters. The molecule has 0 bridgehead atoms. The van der Waals surface area contributed by atoms with E-state index in [2.05, 4.69) is 46.7 Å². The Morgan fingerprint density at radius 1 is 1.41 bits per heavy atom. The van der Waals surface area contributed by atoms with Crippen LogP contribution in [0.1, 0.15) is 86.9 Å². The minimum Gasteiger partial charge on any atom is -0.389 e. The lowest BCUT2D eigenvalue weighted by molar-refractivity contribution is 0.491. The molecule has 34 heavy (non-hydrogen) atoms. The van der Waals surface area contributed by atoms with Gasteiger partial charge in [-0.1, -0.05) is 27.2 Å². The first-order valence-electron chi connectivity index (χ1n) is 12.2. The number of hydrogen-bond acceptors (Lipinski definition) is 7. The molecular weight excluding hydrogens is 444 g/mol. The standard InChI is InChI=1S/C25H36N8S/c1-4-13-33(14-7-8-16(3)5-2)25-30-12-11-19(31-25)23(28)32-22(27)17-9-6-10-20-21(17)18(15-26)24(29)34-20/h11-12,16-17H,4-10,13-14,29H2,1-3H3,(H3,27,28,32). The number of aryl methyl sites for hydroxylation is 1. The van der Waals surface area contributed by atoms with Crippen molar-refractivity contribution in [3.05, 3.63) is 34.0 Å². The van der Waals surface area contributed by atoms with Gasteiger partial charge in [0, 0.05) is 30.1 Å². The Hall–Kier alpha value is -2.99. The van der Waals surface area contributed by atoms with E-state index in [4.69, 9.17) is 16.9 Å². The normalized spacial score (nSPS) is 16.5. The van der Waals surface area contributed by atoms with Crippen LogP contribution in [-0.4, -0.2) is 34.7 Å². The molecule has 5 N–H and O–H groups in total. The third-order valence-corrected chi connectivity index (χ3v) is 7.58. The Kier molecular flexibility index (Phi) is 8.99. The van der Waals surface area contributed by atoms with E-state index in [9.17, 15) is 5.26 Å². The molecule has 1 aliphatic rings. The SMILES string of the molecule is CCCN(CCCC(C)CC)c1nccc(C(=N)N=C(N)C2CCCc3sc(N)c(C#N)c32)n1. The summed E-state index contributed by atoms with van der Waals surface area (Å²) in [4.78, 5) is 16.8. The highest BCUT2D eigenvalue weighted by atomic mass is 32.1. The molecule has 8 nitrogen and oxygen atoms in total. The van der Waals surface area contributed by atoms with Crippen molar-refractivity contribution in [3.63, 3.8) is 0 Å². The molecule has 2 aromatic heterocycles. The molecule has 0 radical (unpaired) electrons. The Bertz CT molecular complexity index is 1070. The number of fused-ring (bicyclic) bond motifs is 1. The van der Waals surface area contributed by atoms with Crippen LogP contribution < -0.4 is 16.4 Å². The smallest absolute Gasteiger partial charge is 0.225 e. The van der Waals surface area contributed by atoms with E-state index in [0.717, 1.165) is 55.6 Å². The summed E-state index contributed by atoms with van der Waals surface area (Å²) in [7, 11) is 0. The number of thiophene rings is 1. The van der Waals surface area contributed by atoms with Crippen LogP contribution in [0, 0.1) is 22.7 Å². The van der Waals surface area contributed by atoms with Gasteiger partial charge < -0.3 is 16.4 Å². The fraction of sp³-hybridized carbons (Fsp3) is 0.560. The molecule has 0 aliphatic heterocycles. The van der Waals surface area contributed by atoms with Crippen LogP contribution in [0.5, 0.6) is 0 Å². The molecule has 1 aliphatic carbocycles. The van der Waals surface area contributed by atoms with E-state index in [1.54, 1.807) is 12.3 Å². The fourth-order valence-corrected chi connectivity index (χ4v) is 5.52. The predicted octanol–water partition coefficient (Wildman–Crippen LogP) is 4.84. The van der Waals surface area contributed by atoms with Gasteiger partial charge in [0.15, 0.2) is 5.84 Å². The average Bonchev–Trinajstić information content (AvgIpc) is 3.18. The molecule has 0 saturated carbocycles. The zero-order chi connectivity index (χ0) is 24.7. The maximum absolute atomic E-state index is 9.59. The number of nitrogens with zero attached hydrogens (tertiary/aromatic N) is 5. The summed E-state index contributed by atoms with van der Waals surface area (Å²) >= 11 is 1.46. The number of anilines is 2. The Morgan fingerprint density at radius 2 is 2.21 bits per heavy atom. The third-order valence-electron chi connectivity index (χ3n) is 6.49. The summed E-state index contributed by atoms with van der Waals surface area (Å²) in [6.07, 6.45) is 8.76. The lowest BCUT2D eigenvalue weighted by Crippen LogP contribution is -2.28. The molecule has 0 spiro atoms. The highest BCUT2D eigenvalue weighted by Crippen LogP contribution is 2.42. The summed E-state index contributed by atoms with van der Waals surface area (Å²) in [5, 5.41) is 18.7. The van der Waals surface area contributed by atoms with Crippen molar-refractivity contribution < 1.29 is 0 Å². The van der Waals surface area contributed by atoms with Crippen molar-refractivity contribution in [2.75, 3.05) is 23.7 Å². The summed E-state index contributed by atoms with van der Waals surface area (Å²) in [5.74, 6) is 1.47. The van der Waals surface area contributed by atoms with Crippen molar-refractivity contribution in [3.8, 4) is 6.07 Å². The number of nitriles is 1. The Labute approximate surface area is 206 Å². The van der Waals surface area contributed by atoms with Gasteiger partial charge in [-0.2, -0.15) is 5.26 Å². The van der Waals surface area contributed by atoms with Gasteiger partial charge in [0.25, 0.3) is 0 Å². The zero-order valence-corrected chi connectivity index (χ0v) is 21.3. The molecule has 2 unspecified atom stereocenters. The molecule has 0 aromatic carbocycles. The second-order valence-electron chi connectivity index (χ2n) is 9.00. The number of nitrogen functional groups attached to an aromatic ring is 1. The van der Waals surface area contributed by atoms with E-state index >= 15 is 0 Å². The van der Waals surface area contributed by atoms with E-state index in [0.29, 0.717) is 34.0 Å². The molecule has 2 aromatic rings. The molecule has 9 heteroatoms. The second-order valence-corrected chi connectivity index (χ2v) is 10.1. The van der Waals surface area contributed by atoms with Crippen molar-refractivity contribution in [1.29, 1.82) is 10.7 Å². The van der Waals surface area contributed by atoms with Crippen LogP contribution in [0.4, 0.5) is 10.9 Å². The maximum atomic E-state index is 9.59. The highest BCUT2D eigenvalue weighted by molar-refractivity contribution is 7.16. The molecule has 0 amide bonds.